The number of rotatable bonds is 4. The molecule has 0 unspecified atom stereocenters. The minimum Gasteiger partial charge on any atom is -0.465 e. The molecule has 20 heavy (non-hydrogen) atoms. The predicted octanol–water partition coefficient (Wildman–Crippen LogP) is 2.34. The lowest BCUT2D eigenvalue weighted by atomic mass is 10.3. The van der Waals surface area contributed by atoms with Gasteiger partial charge in [-0.2, -0.15) is 0 Å². The highest BCUT2D eigenvalue weighted by molar-refractivity contribution is 7.90. The highest BCUT2D eigenvalue weighted by Gasteiger charge is 2.06. The van der Waals surface area contributed by atoms with Crippen molar-refractivity contribution in [2.45, 2.75) is 4.90 Å². The Balaban J connectivity index is 2.01. The summed E-state index contributed by atoms with van der Waals surface area (Å²) in [6, 6.07) is 9.42. The van der Waals surface area contributed by atoms with Crippen LogP contribution in [0.1, 0.15) is 5.76 Å². The number of benzene rings is 1. The monoisotopic (exact) mass is 291 g/mol. The molecule has 0 fully saturated rings. The average molecular weight is 291 g/mol. The van der Waals surface area contributed by atoms with Crippen molar-refractivity contribution in [1.82, 2.24) is 0 Å². The largest absolute Gasteiger partial charge is 0.465 e. The summed E-state index contributed by atoms with van der Waals surface area (Å²) in [6.45, 7) is 0. The van der Waals surface area contributed by atoms with E-state index in [2.05, 4.69) is 5.32 Å². The van der Waals surface area contributed by atoms with Crippen LogP contribution >= 0.6 is 0 Å². The molecule has 1 heterocycles. The maximum atomic E-state index is 11.6. The molecule has 1 N–H and O–H groups in total. The van der Waals surface area contributed by atoms with Gasteiger partial charge in [-0.05, 0) is 42.5 Å². The topological polar surface area (TPSA) is 76.4 Å². The van der Waals surface area contributed by atoms with Crippen molar-refractivity contribution in [3.05, 3.63) is 54.5 Å². The molecule has 2 rings (SSSR count). The summed E-state index contributed by atoms with van der Waals surface area (Å²) >= 11 is 0. The Morgan fingerprint density at radius 2 is 1.90 bits per heavy atom. The van der Waals surface area contributed by atoms with Crippen molar-refractivity contribution in [3.63, 3.8) is 0 Å². The maximum absolute atomic E-state index is 11.6. The van der Waals surface area contributed by atoms with E-state index >= 15 is 0 Å². The van der Waals surface area contributed by atoms with Gasteiger partial charge in [0.05, 0.1) is 11.2 Å². The van der Waals surface area contributed by atoms with Crippen molar-refractivity contribution >= 4 is 27.5 Å². The van der Waals surface area contributed by atoms with Gasteiger partial charge in [0.2, 0.25) is 5.91 Å². The molecular formula is C14H13NO4S. The molecule has 0 radical (unpaired) electrons. The molecule has 104 valence electrons. The number of carbonyl (C=O) groups excluding carboxylic acids is 1. The van der Waals surface area contributed by atoms with Crippen LogP contribution in [-0.2, 0) is 14.6 Å². The van der Waals surface area contributed by atoms with E-state index < -0.39 is 9.84 Å². The van der Waals surface area contributed by atoms with Crippen LogP contribution in [0.25, 0.3) is 6.08 Å². The smallest absolute Gasteiger partial charge is 0.248 e. The molecule has 0 aliphatic heterocycles. The lowest BCUT2D eigenvalue weighted by Crippen LogP contribution is -2.07. The van der Waals surface area contributed by atoms with Gasteiger partial charge in [0.15, 0.2) is 9.84 Å². The number of anilines is 1. The van der Waals surface area contributed by atoms with E-state index in [-0.39, 0.29) is 10.8 Å². The number of sulfone groups is 1. The first-order valence-electron chi connectivity index (χ1n) is 5.78. The number of hydrogen-bond acceptors (Lipinski definition) is 4. The lowest BCUT2D eigenvalue weighted by Gasteiger charge is -2.03. The third-order valence-corrected chi connectivity index (χ3v) is 3.62. The van der Waals surface area contributed by atoms with Crippen molar-refractivity contribution in [3.8, 4) is 0 Å². The van der Waals surface area contributed by atoms with Gasteiger partial charge in [-0.25, -0.2) is 8.42 Å². The van der Waals surface area contributed by atoms with E-state index in [0.29, 0.717) is 11.4 Å². The quantitative estimate of drug-likeness (QED) is 0.877. The summed E-state index contributed by atoms with van der Waals surface area (Å²) in [5, 5.41) is 2.62. The Bertz CT molecular complexity index is 713. The Labute approximate surface area is 116 Å². The SMILES string of the molecule is CS(=O)(=O)c1ccc(NC(=O)C=Cc2ccco2)cc1. The summed E-state index contributed by atoms with van der Waals surface area (Å²) in [7, 11) is -3.23. The van der Waals surface area contributed by atoms with Gasteiger partial charge in [-0.1, -0.05) is 0 Å². The Morgan fingerprint density at radius 1 is 1.20 bits per heavy atom. The second-order valence-corrected chi connectivity index (χ2v) is 6.15. The van der Waals surface area contributed by atoms with E-state index in [4.69, 9.17) is 4.42 Å². The van der Waals surface area contributed by atoms with Gasteiger partial charge < -0.3 is 9.73 Å². The minimum atomic E-state index is -3.23. The normalized spacial score (nSPS) is 11.7. The van der Waals surface area contributed by atoms with Gasteiger partial charge in [-0.15, -0.1) is 0 Å². The van der Waals surface area contributed by atoms with Gasteiger partial charge in [0.1, 0.15) is 5.76 Å². The first kappa shape index (κ1) is 14.1. The van der Waals surface area contributed by atoms with E-state index in [1.807, 2.05) is 0 Å². The van der Waals surface area contributed by atoms with Crippen LogP contribution in [0.5, 0.6) is 0 Å². The van der Waals surface area contributed by atoms with Crippen LogP contribution in [-0.4, -0.2) is 20.6 Å². The number of amides is 1. The third kappa shape index (κ3) is 3.83. The maximum Gasteiger partial charge on any atom is 0.248 e. The molecule has 1 amide bonds. The van der Waals surface area contributed by atoms with Crippen molar-refractivity contribution in [2.24, 2.45) is 0 Å². The fourth-order valence-electron chi connectivity index (χ4n) is 1.51. The third-order valence-electron chi connectivity index (χ3n) is 2.49. The number of nitrogens with one attached hydrogen (secondary N) is 1. The van der Waals surface area contributed by atoms with Gasteiger partial charge in [0, 0.05) is 18.0 Å². The fourth-order valence-corrected chi connectivity index (χ4v) is 2.14. The molecule has 0 saturated heterocycles. The fraction of sp³-hybridized carbons (Fsp3) is 0.0714. The van der Waals surface area contributed by atoms with E-state index in [0.717, 1.165) is 6.26 Å². The molecule has 0 bridgehead atoms. The number of hydrogen-bond donors (Lipinski definition) is 1. The molecule has 1 aromatic heterocycles. The molecular weight excluding hydrogens is 278 g/mol. The van der Waals surface area contributed by atoms with E-state index in [1.54, 1.807) is 18.2 Å². The van der Waals surface area contributed by atoms with Crippen LogP contribution in [0.2, 0.25) is 0 Å². The van der Waals surface area contributed by atoms with Crippen molar-refractivity contribution < 1.29 is 17.6 Å². The lowest BCUT2D eigenvalue weighted by molar-refractivity contribution is -0.111. The molecule has 5 nitrogen and oxygen atoms in total. The highest BCUT2D eigenvalue weighted by Crippen LogP contribution is 2.14. The second kappa shape index (κ2) is 5.75. The van der Waals surface area contributed by atoms with Crippen LogP contribution in [0.3, 0.4) is 0 Å². The van der Waals surface area contributed by atoms with Crippen LogP contribution in [0.4, 0.5) is 5.69 Å². The van der Waals surface area contributed by atoms with Gasteiger partial charge in [-0.3, -0.25) is 4.79 Å². The van der Waals surface area contributed by atoms with E-state index in [1.165, 1.54) is 36.6 Å². The first-order valence-corrected chi connectivity index (χ1v) is 7.67. The minimum absolute atomic E-state index is 0.210. The van der Waals surface area contributed by atoms with E-state index in [9.17, 15) is 13.2 Å². The van der Waals surface area contributed by atoms with Crippen LogP contribution in [0, 0.1) is 0 Å². The van der Waals surface area contributed by atoms with Gasteiger partial charge in [0.25, 0.3) is 0 Å². The zero-order valence-electron chi connectivity index (χ0n) is 10.7. The highest BCUT2D eigenvalue weighted by atomic mass is 32.2. The average Bonchev–Trinajstić information content (AvgIpc) is 2.89. The molecule has 0 aliphatic carbocycles. The Morgan fingerprint density at radius 3 is 2.45 bits per heavy atom. The van der Waals surface area contributed by atoms with Crippen molar-refractivity contribution in [2.75, 3.05) is 11.6 Å². The summed E-state index contributed by atoms with van der Waals surface area (Å²) < 4.78 is 27.6. The molecule has 0 aliphatic rings. The zero-order chi connectivity index (χ0) is 14.6. The number of furan rings is 1. The summed E-state index contributed by atoms with van der Waals surface area (Å²) in [5.74, 6) is 0.251. The molecule has 0 atom stereocenters. The summed E-state index contributed by atoms with van der Waals surface area (Å²) in [4.78, 5) is 11.8. The molecule has 1 aromatic carbocycles. The molecule has 0 spiro atoms. The molecule has 6 heteroatoms. The Kier molecular flexibility index (Phi) is 4.05. The first-order chi connectivity index (χ1) is 9.45. The predicted molar refractivity (Wildman–Crippen MR) is 75.9 cm³/mol. The van der Waals surface area contributed by atoms with Crippen molar-refractivity contribution in [1.29, 1.82) is 0 Å². The zero-order valence-corrected chi connectivity index (χ0v) is 11.6. The molecule has 0 saturated carbocycles. The van der Waals surface area contributed by atoms with Crippen LogP contribution in [0.15, 0.2) is 58.1 Å². The number of carbonyl (C=O) groups is 1. The second-order valence-electron chi connectivity index (χ2n) is 4.13. The summed E-state index contributed by atoms with van der Waals surface area (Å²) in [5.41, 5.74) is 0.520. The van der Waals surface area contributed by atoms with Crippen LogP contribution < -0.4 is 5.32 Å². The van der Waals surface area contributed by atoms with Gasteiger partial charge >= 0.3 is 0 Å². The summed E-state index contributed by atoms with van der Waals surface area (Å²) in [6.07, 6.45) is 5.53. The Hall–Kier alpha value is -2.34. The standard InChI is InChI=1S/C14H13NO4S/c1-20(17,18)13-7-4-11(5-8-13)15-14(16)9-6-12-3-2-10-19-12/h2-10H,1H3,(H,15,16). The molecule has 2 aromatic rings.